The zero-order chi connectivity index (χ0) is 19.2. The molecule has 0 unspecified atom stereocenters. The SMILES string of the molecule is CC(=O)Nc1ccc(C(=O)COC(=O)c2cc3c(s2)CCCCCC3)cc1. The first-order valence-electron chi connectivity index (χ1n) is 9.22. The molecule has 0 spiro atoms. The topological polar surface area (TPSA) is 72.5 Å². The highest BCUT2D eigenvalue weighted by Gasteiger charge is 2.18. The molecule has 1 heterocycles. The van der Waals surface area contributed by atoms with E-state index in [1.165, 1.54) is 41.5 Å². The van der Waals surface area contributed by atoms with E-state index >= 15 is 0 Å². The number of thiophene rings is 1. The fourth-order valence-electron chi connectivity index (χ4n) is 3.17. The summed E-state index contributed by atoms with van der Waals surface area (Å²) in [6.07, 6.45) is 6.84. The van der Waals surface area contributed by atoms with Gasteiger partial charge in [-0.25, -0.2) is 4.79 Å². The normalized spacial score (nSPS) is 13.8. The van der Waals surface area contributed by atoms with Gasteiger partial charge < -0.3 is 10.1 Å². The number of hydrogen-bond acceptors (Lipinski definition) is 5. The van der Waals surface area contributed by atoms with Gasteiger partial charge in [0.25, 0.3) is 0 Å². The van der Waals surface area contributed by atoms with Crippen molar-refractivity contribution in [3.05, 3.63) is 51.2 Å². The van der Waals surface area contributed by atoms with Crippen molar-refractivity contribution in [3.63, 3.8) is 0 Å². The lowest BCUT2D eigenvalue weighted by Crippen LogP contribution is -2.13. The van der Waals surface area contributed by atoms with Gasteiger partial charge in [0.05, 0.1) is 0 Å². The summed E-state index contributed by atoms with van der Waals surface area (Å²) in [5.74, 6) is -0.879. The third-order valence-corrected chi connectivity index (χ3v) is 5.78. The van der Waals surface area contributed by atoms with Gasteiger partial charge >= 0.3 is 5.97 Å². The first-order valence-corrected chi connectivity index (χ1v) is 10.0. The number of esters is 1. The molecular formula is C21H23NO4S. The summed E-state index contributed by atoms with van der Waals surface area (Å²) in [6, 6.07) is 8.45. The maximum atomic E-state index is 12.3. The second kappa shape index (κ2) is 8.95. The first-order chi connectivity index (χ1) is 13.0. The summed E-state index contributed by atoms with van der Waals surface area (Å²) in [5.41, 5.74) is 2.31. The largest absolute Gasteiger partial charge is 0.453 e. The number of amides is 1. The third kappa shape index (κ3) is 5.26. The van der Waals surface area contributed by atoms with Gasteiger partial charge in [-0.05, 0) is 61.6 Å². The molecule has 1 aromatic carbocycles. The highest BCUT2D eigenvalue weighted by atomic mass is 32.1. The lowest BCUT2D eigenvalue weighted by atomic mass is 10.00. The summed E-state index contributed by atoms with van der Waals surface area (Å²) in [7, 11) is 0. The molecule has 0 fully saturated rings. The number of carbonyl (C=O) groups is 3. The standard InChI is InChI=1S/C21H23NO4S/c1-14(23)22-17-10-8-15(9-11-17)18(24)13-26-21(25)20-12-16-6-4-2-3-5-7-19(16)27-20/h8-12H,2-7,13H2,1H3,(H,22,23). The average molecular weight is 385 g/mol. The highest BCUT2D eigenvalue weighted by Crippen LogP contribution is 2.29. The Morgan fingerprint density at radius 2 is 1.74 bits per heavy atom. The Hall–Kier alpha value is -2.47. The zero-order valence-corrected chi connectivity index (χ0v) is 16.2. The predicted molar refractivity (Wildman–Crippen MR) is 106 cm³/mol. The summed E-state index contributed by atoms with van der Waals surface area (Å²) in [5, 5.41) is 2.64. The molecule has 27 heavy (non-hydrogen) atoms. The van der Waals surface area contributed by atoms with Gasteiger partial charge in [0, 0.05) is 23.1 Å². The molecule has 3 rings (SSSR count). The maximum Gasteiger partial charge on any atom is 0.348 e. The Morgan fingerprint density at radius 1 is 1.04 bits per heavy atom. The minimum atomic E-state index is -0.435. The second-order valence-electron chi connectivity index (χ2n) is 6.73. The molecule has 1 aliphatic carbocycles. The van der Waals surface area contributed by atoms with Crippen molar-refractivity contribution in [1.82, 2.24) is 0 Å². The molecule has 0 saturated carbocycles. The molecule has 5 nitrogen and oxygen atoms in total. The molecule has 0 atom stereocenters. The number of benzene rings is 1. The Labute approximate surface area is 162 Å². The van der Waals surface area contributed by atoms with Gasteiger partial charge in [-0.3, -0.25) is 9.59 Å². The van der Waals surface area contributed by atoms with Crippen LogP contribution in [0.25, 0.3) is 0 Å². The molecule has 6 heteroatoms. The van der Waals surface area contributed by atoms with Crippen LogP contribution in [0.2, 0.25) is 0 Å². The summed E-state index contributed by atoms with van der Waals surface area (Å²) in [4.78, 5) is 37.5. The summed E-state index contributed by atoms with van der Waals surface area (Å²) < 4.78 is 5.23. The fraction of sp³-hybridized carbons (Fsp3) is 0.381. The number of carbonyl (C=O) groups excluding carboxylic acids is 3. The molecular weight excluding hydrogens is 362 g/mol. The summed E-state index contributed by atoms with van der Waals surface area (Å²) >= 11 is 1.50. The third-order valence-electron chi connectivity index (χ3n) is 4.56. The fourth-order valence-corrected chi connectivity index (χ4v) is 4.32. The van der Waals surface area contributed by atoms with Crippen LogP contribution in [-0.2, 0) is 22.4 Å². The van der Waals surface area contributed by atoms with E-state index in [2.05, 4.69) is 5.32 Å². The Kier molecular flexibility index (Phi) is 6.40. The van der Waals surface area contributed by atoms with Crippen LogP contribution in [-0.4, -0.2) is 24.3 Å². The number of Topliss-reactive ketones (excluding diaryl/α,β-unsaturated/α-hetero) is 1. The number of ketones is 1. The number of fused-ring (bicyclic) bond motifs is 1. The van der Waals surface area contributed by atoms with Crippen LogP contribution in [0.3, 0.4) is 0 Å². The van der Waals surface area contributed by atoms with Crippen LogP contribution in [0.1, 0.15) is 63.1 Å². The number of hydrogen-bond donors (Lipinski definition) is 1. The molecule has 1 amide bonds. The smallest absolute Gasteiger partial charge is 0.348 e. The average Bonchev–Trinajstić information content (AvgIpc) is 3.01. The van der Waals surface area contributed by atoms with Crippen molar-refractivity contribution in [2.24, 2.45) is 0 Å². The van der Waals surface area contributed by atoms with E-state index in [1.54, 1.807) is 24.3 Å². The molecule has 1 aromatic heterocycles. The van der Waals surface area contributed by atoms with Crippen molar-refractivity contribution >= 4 is 34.7 Å². The van der Waals surface area contributed by atoms with Gasteiger partial charge in [-0.2, -0.15) is 0 Å². The van der Waals surface area contributed by atoms with Gasteiger partial charge in [-0.15, -0.1) is 11.3 Å². The molecule has 0 saturated heterocycles. The molecule has 0 radical (unpaired) electrons. The Bertz CT molecular complexity index is 813. The van der Waals surface area contributed by atoms with Crippen LogP contribution in [0.4, 0.5) is 5.69 Å². The highest BCUT2D eigenvalue weighted by molar-refractivity contribution is 7.14. The molecule has 142 valence electrons. The number of anilines is 1. The van der Waals surface area contributed by atoms with Crippen molar-refractivity contribution in [1.29, 1.82) is 0 Å². The van der Waals surface area contributed by atoms with E-state index in [0.717, 1.165) is 25.7 Å². The van der Waals surface area contributed by atoms with Crippen LogP contribution < -0.4 is 5.32 Å². The monoisotopic (exact) mass is 385 g/mol. The second-order valence-corrected chi connectivity index (χ2v) is 7.87. The van der Waals surface area contributed by atoms with Gasteiger partial charge in [0.2, 0.25) is 5.91 Å². The minimum Gasteiger partial charge on any atom is -0.453 e. The predicted octanol–water partition coefficient (Wildman–Crippen LogP) is 4.41. The van der Waals surface area contributed by atoms with Gasteiger partial charge in [-0.1, -0.05) is 12.8 Å². The minimum absolute atomic E-state index is 0.173. The molecule has 2 aromatic rings. The number of nitrogens with one attached hydrogen (secondary N) is 1. The van der Waals surface area contributed by atoms with Gasteiger partial charge in [0.15, 0.2) is 12.4 Å². The van der Waals surface area contributed by atoms with E-state index in [1.807, 2.05) is 6.07 Å². The Balaban J connectivity index is 1.57. The van der Waals surface area contributed by atoms with Crippen LogP contribution in [0.15, 0.2) is 30.3 Å². The summed E-state index contributed by atoms with van der Waals surface area (Å²) in [6.45, 7) is 1.13. The molecule has 0 bridgehead atoms. The lowest BCUT2D eigenvalue weighted by molar-refractivity contribution is -0.114. The van der Waals surface area contributed by atoms with Crippen molar-refractivity contribution in [2.45, 2.75) is 45.4 Å². The quantitative estimate of drug-likeness (QED) is 0.611. The maximum absolute atomic E-state index is 12.3. The van der Waals surface area contributed by atoms with E-state index in [-0.39, 0.29) is 18.3 Å². The van der Waals surface area contributed by atoms with Gasteiger partial charge in [0.1, 0.15) is 4.88 Å². The van der Waals surface area contributed by atoms with E-state index in [0.29, 0.717) is 16.1 Å². The molecule has 1 N–H and O–H groups in total. The number of aryl methyl sites for hydroxylation is 2. The van der Waals surface area contributed by atoms with Crippen LogP contribution in [0.5, 0.6) is 0 Å². The van der Waals surface area contributed by atoms with E-state index < -0.39 is 5.97 Å². The number of rotatable bonds is 5. The molecule has 0 aliphatic heterocycles. The van der Waals surface area contributed by atoms with Crippen molar-refractivity contribution in [3.8, 4) is 0 Å². The number of ether oxygens (including phenoxy) is 1. The van der Waals surface area contributed by atoms with E-state index in [9.17, 15) is 14.4 Å². The van der Waals surface area contributed by atoms with Crippen LogP contribution in [0, 0.1) is 0 Å². The lowest BCUT2D eigenvalue weighted by Gasteiger charge is -2.07. The van der Waals surface area contributed by atoms with Crippen molar-refractivity contribution in [2.75, 3.05) is 11.9 Å². The molecule has 1 aliphatic rings. The van der Waals surface area contributed by atoms with E-state index in [4.69, 9.17) is 4.74 Å². The van der Waals surface area contributed by atoms with Crippen LogP contribution >= 0.6 is 11.3 Å². The van der Waals surface area contributed by atoms with Crippen molar-refractivity contribution < 1.29 is 19.1 Å². The zero-order valence-electron chi connectivity index (χ0n) is 15.4. The first kappa shape index (κ1) is 19.3. The Morgan fingerprint density at radius 3 is 2.44 bits per heavy atom.